The molecule has 4 aliphatic heterocycles. The molecular formula is C54H44Mn2N12O2-8. The van der Waals surface area contributed by atoms with Crippen molar-refractivity contribution in [2.24, 2.45) is 20.0 Å². The third kappa shape index (κ3) is 21.4. The van der Waals surface area contributed by atoms with Gasteiger partial charge in [0.05, 0.1) is 0 Å². The zero-order chi connectivity index (χ0) is 48.9. The molecule has 0 unspecified atom stereocenters. The van der Waals surface area contributed by atoms with E-state index in [1.54, 1.807) is 97.4 Å². The molecule has 0 aliphatic carbocycles. The number of para-hydroxylation sites is 4. The molecule has 0 fully saturated rings. The van der Waals surface area contributed by atoms with E-state index in [1.807, 2.05) is 97.1 Å². The minimum atomic E-state index is 0. The fourth-order valence-electron chi connectivity index (χ4n) is 5.60. The van der Waals surface area contributed by atoms with E-state index >= 15 is 0 Å². The average Bonchev–Trinajstić information content (AvgIpc) is 3.42. The third-order valence-corrected chi connectivity index (χ3v) is 8.43. The van der Waals surface area contributed by atoms with Crippen molar-refractivity contribution in [2.45, 2.75) is 0 Å². The van der Waals surface area contributed by atoms with Crippen LogP contribution in [-0.2, 0) is 34.1 Å². The Bertz CT molecular complexity index is 2650. The zero-order valence-corrected chi connectivity index (χ0v) is 40.2. The van der Waals surface area contributed by atoms with Gasteiger partial charge >= 0.3 is 0 Å². The van der Waals surface area contributed by atoms with Crippen LogP contribution in [-0.4, -0.2) is 48.5 Å². The standard InChI is InChI=1S/2C12H8N2.4C7H5N2.2CH4O.2Mn/c2*1-3-9-5-6-10-4-2-8-14-12(10)11(9)13-7-1;4*8-6-9-7-4-2-1-3-5-7;2*1-2;;/h2*1-8H;4*1-5H;2*2H,1H3;;/q2*-2;4*-1;;;;. The zero-order valence-electron chi connectivity index (χ0n) is 37.8. The van der Waals surface area contributed by atoms with Crippen molar-refractivity contribution < 1.29 is 44.4 Å². The third-order valence-electron chi connectivity index (χ3n) is 8.43. The molecule has 14 nitrogen and oxygen atoms in total. The number of aliphatic hydroxyl groups is 2. The van der Waals surface area contributed by atoms with Gasteiger partial charge < -0.3 is 73.1 Å². The summed E-state index contributed by atoms with van der Waals surface area (Å²) in [6.45, 7) is 0. The van der Waals surface area contributed by atoms with Gasteiger partial charge in [-0.2, -0.15) is 48.8 Å². The minimum absolute atomic E-state index is 0. The molecule has 70 heavy (non-hydrogen) atoms. The van der Waals surface area contributed by atoms with E-state index < -0.39 is 0 Å². The SMILES string of the molecule is C1=C[N-]c2c3c(ccc2=C1)=CC=C[N-]3.C1=C[N-]c2c3c(ccc2=C1)=CC=C[N-]3.CO.CO.[Mn].[Mn].[N-]=C=Nc1ccccc1.[N-]=C=Nc1ccccc1.[N-]=C=Nc1ccccc1.[N-]=C=Nc1ccccc1. The Hall–Kier alpha value is -8.56. The predicted octanol–water partition coefficient (Wildman–Crippen LogP) is 12.1. The Morgan fingerprint density at radius 3 is 0.671 bits per heavy atom. The summed E-state index contributed by atoms with van der Waals surface area (Å²) in [7, 11) is 2.00. The van der Waals surface area contributed by atoms with Gasteiger partial charge in [0.2, 0.25) is 0 Å². The molecule has 4 aliphatic rings. The van der Waals surface area contributed by atoms with Crippen molar-refractivity contribution in [2.75, 3.05) is 14.2 Å². The number of hydrogen-bond acceptors (Lipinski definition) is 6. The van der Waals surface area contributed by atoms with Gasteiger partial charge in [0.15, 0.2) is 0 Å². The van der Waals surface area contributed by atoms with Crippen LogP contribution in [0.4, 0.5) is 45.5 Å². The van der Waals surface area contributed by atoms with Crippen molar-refractivity contribution in [3.05, 3.63) is 258 Å². The molecule has 0 spiro atoms. The van der Waals surface area contributed by atoms with Gasteiger partial charge in [-0.3, -0.25) is 0 Å². The van der Waals surface area contributed by atoms with Crippen LogP contribution in [0.25, 0.3) is 67.2 Å². The van der Waals surface area contributed by atoms with E-state index in [0.717, 1.165) is 57.8 Å². The topological polar surface area (TPSA) is 236 Å². The van der Waals surface area contributed by atoms with Crippen LogP contribution in [0.1, 0.15) is 0 Å². The van der Waals surface area contributed by atoms with Crippen LogP contribution in [0.3, 0.4) is 0 Å². The van der Waals surface area contributed by atoms with Crippen LogP contribution in [0, 0.1) is 0 Å². The van der Waals surface area contributed by atoms with E-state index in [2.05, 4.69) is 89.8 Å². The van der Waals surface area contributed by atoms with Crippen LogP contribution < -0.4 is 20.9 Å². The summed E-state index contributed by atoms with van der Waals surface area (Å²) in [6.07, 6.45) is 23.2. The first-order valence-corrected chi connectivity index (χ1v) is 20.3. The molecule has 0 amide bonds. The summed E-state index contributed by atoms with van der Waals surface area (Å²) >= 11 is 0. The Labute approximate surface area is 428 Å². The van der Waals surface area contributed by atoms with Gasteiger partial charge in [-0.25, -0.2) is 0 Å². The second kappa shape index (κ2) is 37.5. The van der Waals surface area contributed by atoms with E-state index in [4.69, 9.17) is 31.9 Å². The quantitative estimate of drug-likeness (QED) is 0.129. The van der Waals surface area contributed by atoms with Crippen molar-refractivity contribution in [3.63, 3.8) is 0 Å². The fraction of sp³-hybridized carbons (Fsp3) is 0.0370. The first-order chi connectivity index (χ1) is 33.6. The molecule has 2 N–H and O–H groups in total. The second-order valence-corrected chi connectivity index (χ2v) is 12.6. The number of allylic oxidation sites excluding steroid dienone is 4. The minimum Gasteiger partial charge on any atom is -0.665 e. The normalized spacial score (nSPS) is 10.5. The summed E-state index contributed by atoms with van der Waals surface area (Å²) in [5.41, 5.74) is 6.74. The van der Waals surface area contributed by atoms with Crippen molar-refractivity contribution in [1.29, 1.82) is 0 Å². The van der Waals surface area contributed by atoms with Crippen LogP contribution >= 0.6 is 0 Å². The Morgan fingerprint density at radius 1 is 0.314 bits per heavy atom. The monoisotopic (exact) mass is 1000 g/mol. The maximum atomic E-state index is 8.10. The van der Waals surface area contributed by atoms with Crippen molar-refractivity contribution >= 4 is 93.8 Å². The van der Waals surface area contributed by atoms with Crippen molar-refractivity contribution in [3.8, 4) is 0 Å². The van der Waals surface area contributed by atoms with E-state index in [9.17, 15) is 0 Å². The molecule has 6 aromatic rings. The van der Waals surface area contributed by atoms with Gasteiger partial charge in [0.1, 0.15) is 0 Å². The van der Waals surface area contributed by atoms with Crippen LogP contribution in [0.2, 0.25) is 0 Å². The Morgan fingerprint density at radius 2 is 0.500 bits per heavy atom. The number of aliphatic imine (C=N–C) groups is 4. The molecule has 4 heterocycles. The first-order valence-electron chi connectivity index (χ1n) is 20.3. The van der Waals surface area contributed by atoms with E-state index in [-0.39, 0.29) is 34.1 Å². The predicted molar refractivity (Wildman–Crippen MR) is 282 cm³/mol. The summed E-state index contributed by atoms with van der Waals surface area (Å²) < 4.78 is 0. The maximum Gasteiger partial charge on any atom is 0.0319 e. The maximum absolute atomic E-state index is 8.10. The summed E-state index contributed by atoms with van der Waals surface area (Å²) in [5, 5.41) is 68.4. The van der Waals surface area contributed by atoms with Gasteiger partial charge in [-0.1, -0.05) is 194 Å². The molecule has 6 aromatic carbocycles. The summed E-state index contributed by atoms with van der Waals surface area (Å²) in [6, 6.07) is 51.7. The smallest absolute Gasteiger partial charge is 0.0319 e. The molecule has 0 atom stereocenters. The molecule has 0 aromatic heterocycles. The average molecular weight is 1000 g/mol. The number of benzene rings is 6. The van der Waals surface area contributed by atoms with E-state index in [1.165, 1.54) is 0 Å². The van der Waals surface area contributed by atoms with Crippen LogP contribution in [0.5, 0.6) is 0 Å². The van der Waals surface area contributed by atoms with Crippen LogP contribution in [0.15, 0.2) is 215 Å². The summed E-state index contributed by atoms with van der Waals surface area (Å²) in [5.74, 6) is 0. The van der Waals surface area contributed by atoms with Crippen molar-refractivity contribution in [1.82, 2.24) is 0 Å². The van der Waals surface area contributed by atoms with Gasteiger partial charge in [-0.15, -0.1) is 22.7 Å². The number of fused-ring (bicyclic) bond motifs is 6. The molecule has 0 bridgehead atoms. The molecule has 354 valence electrons. The first kappa shape index (κ1) is 59.5. The number of aliphatic hydroxyl groups excluding tert-OH is 2. The molecule has 10 rings (SSSR count). The molecule has 2 radical (unpaired) electrons. The largest absolute Gasteiger partial charge is 0.665 e. The second-order valence-electron chi connectivity index (χ2n) is 12.6. The molecule has 0 saturated heterocycles. The van der Waals surface area contributed by atoms with Gasteiger partial charge in [0.25, 0.3) is 0 Å². The number of nitrogens with zero attached hydrogens (tertiary/aromatic N) is 12. The molecule has 0 saturated carbocycles. The van der Waals surface area contributed by atoms with Gasteiger partial charge in [-0.05, 0) is 43.6 Å². The van der Waals surface area contributed by atoms with E-state index in [0.29, 0.717) is 22.7 Å². The fourth-order valence-corrected chi connectivity index (χ4v) is 5.60. The summed E-state index contributed by atoms with van der Waals surface area (Å²) in [4.78, 5) is 14.0. The Balaban J connectivity index is 0.000000417. The number of hydrogen-bond donors (Lipinski definition) is 2. The van der Waals surface area contributed by atoms with Gasteiger partial charge in [0, 0.05) is 48.4 Å². The number of rotatable bonds is 4. The molecular weight excluding hydrogens is 959 g/mol. The molecule has 16 heteroatoms. The Kier molecular flexibility index (Phi) is 31.9.